The summed E-state index contributed by atoms with van der Waals surface area (Å²) in [5.74, 6) is 0.577. The SMILES string of the molecule is NC(Cc1ccc(I)cc1)C1CC2CCC1O2. The van der Waals surface area contributed by atoms with Crippen molar-refractivity contribution >= 4 is 22.6 Å². The number of fused-ring (bicyclic) bond motifs is 2. The molecular weight excluding hydrogens is 325 g/mol. The van der Waals surface area contributed by atoms with E-state index in [9.17, 15) is 0 Å². The number of hydrogen-bond acceptors (Lipinski definition) is 2. The smallest absolute Gasteiger partial charge is 0.0623 e. The molecule has 2 N–H and O–H groups in total. The molecule has 0 amide bonds. The number of hydrogen-bond donors (Lipinski definition) is 1. The normalized spacial score (nSPS) is 32.9. The van der Waals surface area contributed by atoms with Crippen LogP contribution in [-0.4, -0.2) is 18.2 Å². The second-order valence-electron chi connectivity index (χ2n) is 5.27. The fraction of sp³-hybridized carbons (Fsp3) is 0.571. The van der Waals surface area contributed by atoms with Gasteiger partial charge in [-0.3, -0.25) is 0 Å². The lowest BCUT2D eigenvalue weighted by Crippen LogP contribution is -2.37. The van der Waals surface area contributed by atoms with Crippen LogP contribution >= 0.6 is 22.6 Å². The van der Waals surface area contributed by atoms with E-state index in [1.807, 2.05) is 0 Å². The fourth-order valence-corrected chi connectivity index (χ4v) is 3.53. The summed E-state index contributed by atoms with van der Waals surface area (Å²) in [5, 5.41) is 0. The van der Waals surface area contributed by atoms with Crippen LogP contribution in [0, 0.1) is 9.49 Å². The van der Waals surface area contributed by atoms with Crippen LogP contribution in [0.4, 0.5) is 0 Å². The van der Waals surface area contributed by atoms with E-state index in [1.165, 1.54) is 28.4 Å². The van der Waals surface area contributed by atoms with Crippen molar-refractivity contribution in [3.63, 3.8) is 0 Å². The first-order valence-corrected chi connectivity index (χ1v) is 7.46. The summed E-state index contributed by atoms with van der Waals surface area (Å²) in [7, 11) is 0. The predicted octanol–water partition coefficient (Wildman–Crippen LogP) is 2.73. The Balaban J connectivity index is 1.63. The van der Waals surface area contributed by atoms with Crippen molar-refractivity contribution in [3.05, 3.63) is 33.4 Å². The zero-order valence-corrected chi connectivity index (χ0v) is 12.0. The lowest BCUT2D eigenvalue weighted by atomic mass is 9.82. The highest BCUT2D eigenvalue weighted by atomic mass is 127. The molecule has 2 heterocycles. The van der Waals surface area contributed by atoms with Gasteiger partial charge >= 0.3 is 0 Å². The van der Waals surface area contributed by atoms with Crippen LogP contribution in [0.2, 0.25) is 0 Å². The summed E-state index contributed by atoms with van der Waals surface area (Å²) in [5.41, 5.74) is 7.70. The van der Waals surface area contributed by atoms with Crippen molar-refractivity contribution < 1.29 is 4.74 Å². The highest BCUT2D eigenvalue weighted by molar-refractivity contribution is 14.1. The van der Waals surface area contributed by atoms with Crippen LogP contribution in [0.3, 0.4) is 0 Å². The highest BCUT2D eigenvalue weighted by Crippen LogP contribution is 2.40. The third-order valence-electron chi connectivity index (χ3n) is 4.09. The van der Waals surface area contributed by atoms with Gasteiger partial charge in [0.05, 0.1) is 12.2 Å². The maximum absolute atomic E-state index is 6.35. The van der Waals surface area contributed by atoms with Crippen molar-refractivity contribution in [1.82, 2.24) is 0 Å². The summed E-state index contributed by atoms with van der Waals surface area (Å²) in [4.78, 5) is 0. The standard InChI is InChI=1S/C14H18INO/c15-10-3-1-9(2-4-10)7-13(16)12-8-11-5-6-14(12)17-11/h1-4,11-14H,5-8,16H2. The summed E-state index contributed by atoms with van der Waals surface area (Å²) >= 11 is 2.33. The van der Waals surface area contributed by atoms with Gasteiger partial charge in [-0.05, 0) is 66.0 Å². The molecule has 0 radical (unpaired) electrons. The monoisotopic (exact) mass is 343 g/mol. The first-order valence-electron chi connectivity index (χ1n) is 6.38. The quantitative estimate of drug-likeness (QED) is 0.857. The van der Waals surface area contributed by atoms with E-state index in [1.54, 1.807) is 0 Å². The number of ether oxygens (including phenoxy) is 1. The minimum atomic E-state index is 0.255. The molecule has 17 heavy (non-hydrogen) atoms. The first kappa shape index (κ1) is 11.9. The van der Waals surface area contributed by atoms with Gasteiger partial charge in [-0.15, -0.1) is 0 Å². The molecule has 2 aliphatic heterocycles. The van der Waals surface area contributed by atoms with Gasteiger partial charge in [0.1, 0.15) is 0 Å². The molecule has 2 bridgehead atoms. The zero-order chi connectivity index (χ0) is 11.8. The molecule has 2 nitrogen and oxygen atoms in total. The third kappa shape index (κ3) is 2.51. The second-order valence-corrected chi connectivity index (χ2v) is 6.51. The second kappa shape index (κ2) is 4.86. The Morgan fingerprint density at radius 3 is 2.65 bits per heavy atom. The lowest BCUT2D eigenvalue weighted by molar-refractivity contribution is 0.0885. The van der Waals surface area contributed by atoms with Crippen LogP contribution in [0.5, 0.6) is 0 Å². The lowest BCUT2D eigenvalue weighted by Gasteiger charge is -2.25. The van der Waals surface area contributed by atoms with Crippen molar-refractivity contribution in [1.29, 1.82) is 0 Å². The van der Waals surface area contributed by atoms with E-state index < -0.39 is 0 Å². The van der Waals surface area contributed by atoms with Gasteiger partial charge in [0.25, 0.3) is 0 Å². The Morgan fingerprint density at radius 1 is 1.29 bits per heavy atom. The molecule has 0 aliphatic carbocycles. The maximum atomic E-state index is 6.35. The number of rotatable bonds is 3. The number of benzene rings is 1. The van der Waals surface area contributed by atoms with Gasteiger partial charge in [-0.2, -0.15) is 0 Å². The Morgan fingerprint density at radius 2 is 2.06 bits per heavy atom. The van der Waals surface area contributed by atoms with Crippen molar-refractivity contribution in [2.75, 3.05) is 0 Å². The van der Waals surface area contributed by atoms with Gasteiger partial charge in [0, 0.05) is 15.5 Å². The molecule has 4 unspecified atom stereocenters. The molecule has 1 aromatic rings. The molecule has 92 valence electrons. The molecule has 0 aromatic heterocycles. The van der Waals surface area contributed by atoms with Crippen LogP contribution in [0.15, 0.2) is 24.3 Å². The molecule has 3 rings (SSSR count). The molecule has 1 aromatic carbocycles. The van der Waals surface area contributed by atoms with Gasteiger partial charge in [-0.1, -0.05) is 12.1 Å². The largest absolute Gasteiger partial charge is 0.375 e. The Hall–Kier alpha value is -0.130. The highest BCUT2D eigenvalue weighted by Gasteiger charge is 2.43. The minimum absolute atomic E-state index is 0.255. The van der Waals surface area contributed by atoms with E-state index in [2.05, 4.69) is 46.9 Å². The third-order valence-corrected chi connectivity index (χ3v) is 4.81. The summed E-state index contributed by atoms with van der Waals surface area (Å²) in [6, 6.07) is 8.94. The molecular formula is C14H18INO. The van der Waals surface area contributed by atoms with Crippen molar-refractivity contribution in [2.45, 2.75) is 43.9 Å². The number of nitrogens with two attached hydrogens (primary N) is 1. The Labute approximate surface area is 116 Å². The number of halogens is 1. The van der Waals surface area contributed by atoms with Crippen molar-refractivity contribution in [2.24, 2.45) is 11.7 Å². The van der Waals surface area contributed by atoms with E-state index >= 15 is 0 Å². The van der Waals surface area contributed by atoms with Gasteiger partial charge in [0.2, 0.25) is 0 Å². The molecule has 3 heteroatoms. The fourth-order valence-electron chi connectivity index (χ4n) is 3.17. The van der Waals surface area contributed by atoms with Crippen LogP contribution < -0.4 is 5.73 Å². The predicted molar refractivity (Wildman–Crippen MR) is 76.8 cm³/mol. The van der Waals surface area contributed by atoms with Gasteiger partial charge < -0.3 is 10.5 Å². The molecule has 2 fully saturated rings. The van der Waals surface area contributed by atoms with Crippen LogP contribution in [0.1, 0.15) is 24.8 Å². The molecule has 2 saturated heterocycles. The van der Waals surface area contributed by atoms with Gasteiger partial charge in [-0.25, -0.2) is 0 Å². The Bertz CT molecular complexity index is 392. The topological polar surface area (TPSA) is 35.2 Å². The van der Waals surface area contributed by atoms with Crippen LogP contribution in [0.25, 0.3) is 0 Å². The van der Waals surface area contributed by atoms with Crippen LogP contribution in [-0.2, 0) is 11.2 Å². The minimum Gasteiger partial charge on any atom is -0.375 e. The molecule has 2 aliphatic rings. The average molecular weight is 343 g/mol. The zero-order valence-electron chi connectivity index (χ0n) is 9.81. The van der Waals surface area contributed by atoms with E-state index in [0.29, 0.717) is 18.1 Å². The summed E-state index contributed by atoms with van der Waals surface area (Å²) < 4.78 is 7.16. The van der Waals surface area contributed by atoms with E-state index in [4.69, 9.17) is 10.5 Å². The van der Waals surface area contributed by atoms with Crippen molar-refractivity contribution in [3.8, 4) is 0 Å². The molecule has 0 spiro atoms. The van der Waals surface area contributed by atoms with E-state index in [0.717, 1.165) is 6.42 Å². The Kier molecular flexibility index (Phi) is 3.41. The molecule has 0 saturated carbocycles. The summed E-state index contributed by atoms with van der Waals surface area (Å²) in [6.07, 6.45) is 5.57. The summed E-state index contributed by atoms with van der Waals surface area (Å²) in [6.45, 7) is 0. The van der Waals surface area contributed by atoms with E-state index in [-0.39, 0.29) is 6.04 Å². The maximum Gasteiger partial charge on any atom is 0.0623 e. The first-order chi connectivity index (χ1) is 8.22. The van der Waals surface area contributed by atoms with Gasteiger partial charge in [0.15, 0.2) is 0 Å². The average Bonchev–Trinajstić information content (AvgIpc) is 2.94. The molecule has 4 atom stereocenters.